The number of hydrogen-bond donors (Lipinski definition) is 2. The Bertz CT molecular complexity index is 287. The summed E-state index contributed by atoms with van der Waals surface area (Å²) in [6, 6.07) is 2.18. The third kappa shape index (κ3) is 2.02. The number of rotatable bonds is 1. The van der Waals surface area contributed by atoms with Gasteiger partial charge in [-0.25, -0.2) is 0 Å². The molecule has 0 aromatic carbocycles. The van der Waals surface area contributed by atoms with Crippen molar-refractivity contribution in [1.29, 1.82) is 0 Å². The fraction of sp³-hybridized carbons (Fsp3) is 0.625. The molecule has 1 aliphatic rings. The van der Waals surface area contributed by atoms with Crippen LogP contribution in [0, 0.1) is 0 Å². The number of aliphatic hydroxyl groups excluding tert-OH is 1. The van der Waals surface area contributed by atoms with Crippen molar-refractivity contribution in [2.45, 2.75) is 32.0 Å². The zero-order chi connectivity index (χ0) is 8.55. The largest absolute Gasteiger partial charge is 0.390 e. The molecule has 1 atom stereocenters. The molecule has 2 heterocycles. The second-order valence-corrected chi connectivity index (χ2v) is 3.27. The minimum absolute atomic E-state index is 0. The summed E-state index contributed by atoms with van der Waals surface area (Å²) in [7, 11) is 0. The number of aliphatic hydroxyl groups is 1. The average molecular weight is 204 g/mol. The van der Waals surface area contributed by atoms with Crippen molar-refractivity contribution in [3.8, 4) is 0 Å². The maximum atomic E-state index is 8.85. The van der Waals surface area contributed by atoms with Gasteiger partial charge < -0.3 is 10.8 Å². The molecule has 13 heavy (non-hydrogen) atoms. The number of nitrogens with two attached hydrogens (primary N) is 1. The Labute approximate surface area is 83.1 Å². The van der Waals surface area contributed by atoms with E-state index in [1.54, 1.807) is 0 Å². The van der Waals surface area contributed by atoms with Crippen molar-refractivity contribution < 1.29 is 5.11 Å². The van der Waals surface area contributed by atoms with Gasteiger partial charge in [-0.1, -0.05) is 0 Å². The normalized spacial score (nSPS) is 20.6. The van der Waals surface area contributed by atoms with Crippen molar-refractivity contribution in [1.82, 2.24) is 9.78 Å². The lowest BCUT2D eigenvalue weighted by atomic mass is 10.1. The summed E-state index contributed by atoms with van der Waals surface area (Å²) in [5.74, 6) is 0. The summed E-state index contributed by atoms with van der Waals surface area (Å²) >= 11 is 0. The van der Waals surface area contributed by atoms with Crippen molar-refractivity contribution >= 4 is 12.4 Å². The van der Waals surface area contributed by atoms with Crippen LogP contribution in [-0.2, 0) is 19.6 Å². The van der Waals surface area contributed by atoms with Crippen LogP contribution in [0.3, 0.4) is 0 Å². The van der Waals surface area contributed by atoms with Gasteiger partial charge in [-0.15, -0.1) is 12.4 Å². The fourth-order valence-corrected chi connectivity index (χ4v) is 1.60. The highest BCUT2D eigenvalue weighted by molar-refractivity contribution is 5.85. The van der Waals surface area contributed by atoms with Gasteiger partial charge >= 0.3 is 0 Å². The van der Waals surface area contributed by atoms with Gasteiger partial charge in [0.1, 0.15) is 0 Å². The lowest BCUT2D eigenvalue weighted by Crippen LogP contribution is -2.32. The Hall–Kier alpha value is -0.580. The first-order chi connectivity index (χ1) is 5.79. The molecule has 3 N–H and O–H groups in total. The minimum Gasteiger partial charge on any atom is -0.390 e. The third-order valence-electron chi connectivity index (χ3n) is 2.25. The van der Waals surface area contributed by atoms with Gasteiger partial charge in [0.15, 0.2) is 0 Å². The van der Waals surface area contributed by atoms with E-state index in [-0.39, 0.29) is 25.1 Å². The van der Waals surface area contributed by atoms with Gasteiger partial charge in [0.2, 0.25) is 0 Å². The van der Waals surface area contributed by atoms with Gasteiger partial charge in [-0.05, 0) is 18.9 Å². The summed E-state index contributed by atoms with van der Waals surface area (Å²) in [6.45, 7) is 0.810. The SMILES string of the molecule is Cl.N[C@@H]1CCc2cc(CO)nn2C1. The van der Waals surface area contributed by atoms with E-state index in [0.29, 0.717) is 0 Å². The lowest BCUT2D eigenvalue weighted by molar-refractivity contribution is 0.274. The van der Waals surface area contributed by atoms with Crippen LogP contribution in [0.4, 0.5) is 0 Å². The molecule has 0 amide bonds. The zero-order valence-electron chi connectivity index (χ0n) is 7.31. The first-order valence-corrected chi connectivity index (χ1v) is 4.21. The second kappa shape index (κ2) is 4.09. The van der Waals surface area contributed by atoms with Crippen LogP contribution in [0.15, 0.2) is 6.07 Å². The predicted octanol–water partition coefficient (Wildman–Crippen LogP) is 0.0707. The molecule has 4 nitrogen and oxygen atoms in total. The van der Waals surface area contributed by atoms with Crippen LogP contribution in [0.2, 0.25) is 0 Å². The Morgan fingerprint density at radius 1 is 1.69 bits per heavy atom. The highest BCUT2D eigenvalue weighted by Crippen LogP contribution is 2.14. The number of halogens is 1. The quantitative estimate of drug-likeness (QED) is 0.679. The number of nitrogens with zero attached hydrogens (tertiary/aromatic N) is 2. The van der Waals surface area contributed by atoms with Gasteiger partial charge in [-0.3, -0.25) is 4.68 Å². The summed E-state index contributed by atoms with van der Waals surface area (Å²) < 4.78 is 1.90. The second-order valence-electron chi connectivity index (χ2n) is 3.27. The van der Waals surface area contributed by atoms with Crippen LogP contribution in [0.25, 0.3) is 0 Å². The maximum Gasteiger partial charge on any atom is 0.0881 e. The lowest BCUT2D eigenvalue weighted by Gasteiger charge is -2.19. The van der Waals surface area contributed by atoms with Crippen LogP contribution in [0.1, 0.15) is 17.8 Å². The molecular formula is C8H14ClN3O. The van der Waals surface area contributed by atoms with Gasteiger partial charge in [-0.2, -0.15) is 5.10 Å². The number of aryl methyl sites for hydroxylation is 1. The number of fused-ring (bicyclic) bond motifs is 1. The molecule has 0 radical (unpaired) electrons. The van der Waals surface area contributed by atoms with Crippen LogP contribution in [0.5, 0.6) is 0 Å². The van der Waals surface area contributed by atoms with Gasteiger partial charge in [0, 0.05) is 11.7 Å². The van der Waals surface area contributed by atoms with E-state index in [9.17, 15) is 0 Å². The Morgan fingerprint density at radius 3 is 3.15 bits per heavy atom. The Balaban J connectivity index is 0.000000845. The van der Waals surface area contributed by atoms with E-state index < -0.39 is 0 Å². The molecule has 0 spiro atoms. The molecular weight excluding hydrogens is 190 g/mol. The molecule has 2 rings (SSSR count). The molecule has 0 bridgehead atoms. The molecule has 0 unspecified atom stereocenters. The van der Waals surface area contributed by atoms with E-state index in [0.717, 1.165) is 25.1 Å². The zero-order valence-corrected chi connectivity index (χ0v) is 8.13. The Morgan fingerprint density at radius 2 is 2.46 bits per heavy atom. The first kappa shape index (κ1) is 10.5. The molecule has 1 aliphatic heterocycles. The van der Waals surface area contributed by atoms with Gasteiger partial charge in [0.25, 0.3) is 0 Å². The smallest absolute Gasteiger partial charge is 0.0881 e. The molecule has 74 valence electrons. The van der Waals surface area contributed by atoms with Gasteiger partial charge in [0.05, 0.1) is 18.8 Å². The van der Waals surface area contributed by atoms with Crippen LogP contribution in [-0.4, -0.2) is 20.9 Å². The molecule has 5 heteroatoms. The van der Waals surface area contributed by atoms with Crippen molar-refractivity contribution in [3.63, 3.8) is 0 Å². The number of aromatic nitrogens is 2. The maximum absolute atomic E-state index is 8.85. The van der Waals surface area contributed by atoms with E-state index in [2.05, 4.69) is 5.10 Å². The van der Waals surface area contributed by atoms with Crippen LogP contribution >= 0.6 is 12.4 Å². The third-order valence-corrected chi connectivity index (χ3v) is 2.25. The highest BCUT2D eigenvalue weighted by atomic mass is 35.5. The van der Waals surface area contributed by atoms with E-state index in [1.807, 2.05) is 10.7 Å². The molecule has 1 aromatic rings. The van der Waals surface area contributed by atoms with E-state index >= 15 is 0 Å². The number of hydrogen-bond acceptors (Lipinski definition) is 3. The first-order valence-electron chi connectivity index (χ1n) is 4.21. The predicted molar refractivity (Wildman–Crippen MR) is 51.7 cm³/mol. The van der Waals surface area contributed by atoms with E-state index in [4.69, 9.17) is 10.8 Å². The van der Waals surface area contributed by atoms with Crippen LogP contribution < -0.4 is 5.73 Å². The van der Waals surface area contributed by atoms with E-state index in [1.165, 1.54) is 5.69 Å². The fourth-order valence-electron chi connectivity index (χ4n) is 1.60. The molecule has 0 aliphatic carbocycles. The van der Waals surface area contributed by atoms with Crippen molar-refractivity contribution in [2.24, 2.45) is 5.73 Å². The van der Waals surface area contributed by atoms with Crippen molar-refractivity contribution in [3.05, 3.63) is 17.5 Å². The summed E-state index contributed by atoms with van der Waals surface area (Å²) in [5, 5.41) is 13.1. The summed E-state index contributed by atoms with van der Waals surface area (Å²) in [6.07, 6.45) is 2.00. The molecule has 0 saturated heterocycles. The molecule has 0 fully saturated rings. The Kier molecular flexibility index (Phi) is 3.30. The van der Waals surface area contributed by atoms with Crippen molar-refractivity contribution in [2.75, 3.05) is 0 Å². The minimum atomic E-state index is 0. The monoisotopic (exact) mass is 203 g/mol. The summed E-state index contributed by atoms with van der Waals surface area (Å²) in [4.78, 5) is 0. The molecule has 0 saturated carbocycles. The average Bonchev–Trinajstić information content (AvgIpc) is 2.46. The topological polar surface area (TPSA) is 64.1 Å². The molecule has 1 aromatic heterocycles. The highest BCUT2D eigenvalue weighted by Gasteiger charge is 2.16. The standard InChI is InChI=1S/C8H13N3O.ClH/c9-6-1-2-8-3-7(5-12)10-11(8)4-6;/h3,6,12H,1-2,4-5,9H2;1H/t6-;/m1./s1. The summed E-state index contributed by atoms with van der Waals surface area (Å²) in [5.41, 5.74) is 7.72.